The molecule has 1 aromatic heterocycles. The van der Waals surface area contributed by atoms with Gasteiger partial charge in [0.05, 0.1) is 31.6 Å². The summed E-state index contributed by atoms with van der Waals surface area (Å²) in [4.78, 5) is 35.7. The first-order chi connectivity index (χ1) is 10.2. The number of rotatable bonds is 3. The fraction of sp³-hybridized carbons (Fsp3) is 0.533. The minimum Gasteiger partial charge on any atom is -0.332 e. The quantitative estimate of drug-likeness (QED) is 0.827. The van der Waals surface area contributed by atoms with Crippen LogP contribution in [0.15, 0.2) is 24.5 Å². The summed E-state index contributed by atoms with van der Waals surface area (Å²) in [5, 5.41) is 1.52. The summed E-state index contributed by atoms with van der Waals surface area (Å²) in [7, 11) is 0. The molecule has 1 spiro atoms. The Morgan fingerprint density at radius 3 is 2.90 bits per heavy atom. The molecule has 1 aliphatic carbocycles. The van der Waals surface area contributed by atoms with Gasteiger partial charge in [-0.25, -0.2) is 5.06 Å². The van der Waals surface area contributed by atoms with Gasteiger partial charge < -0.3 is 4.90 Å². The molecule has 3 fully saturated rings. The fourth-order valence-electron chi connectivity index (χ4n) is 2.99. The lowest BCUT2D eigenvalue weighted by Crippen LogP contribution is -2.63. The second-order valence-corrected chi connectivity index (χ2v) is 6.25. The van der Waals surface area contributed by atoms with Gasteiger partial charge in [-0.2, -0.15) is 0 Å². The van der Waals surface area contributed by atoms with E-state index in [1.807, 2.05) is 0 Å². The summed E-state index contributed by atoms with van der Waals surface area (Å²) in [5.41, 5.74) is 0.0932. The van der Waals surface area contributed by atoms with Crippen LogP contribution in [-0.2, 0) is 9.63 Å². The van der Waals surface area contributed by atoms with Crippen LogP contribution in [0.3, 0.4) is 0 Å². The molecule has 0 radical (unpaired) electrons. The average molecular weight is 287 g/mol. The predicted molar refractivity (Wildman–Crippen MR) is 73.0 cm³/mol. The summed E-state index contributed by atoms with van der Waals surface area (Å²) < 4.78 is 0. The lowest BCUT2D eigenvalue weighted by molar-refractivity contribution is -0.230. The molecule has 0 aromatic carbocycles. The zero-order valence-electron chi connectivity index (χ0n) is 11.7. The van der Waals surface area contributed by atoms with Crippen LogP contribution in [0.5, 0.6) is 0 Å². The monoisotopic (exact) mass is 287 g/mol. The standard InChI is InChI=1S/C15H17N3O3/c19-13-6-15(21-18(13)8-11-3-4-11)9-17(10-15)14(20)12-2-1-5-16-7-12/h1-2,5,7,11H,3-4,6,8-10H2. The Morgan fingerprint density at radius 1 is 1.43 bits per heavy atom. The molecule has 4 rings (SSSR count). The maximum absolute atomic E-state index is 12.2. The highest BCUT2D eigenvalue weighted by Gasteiger charge is 2.55. The number of amides is 2. The molecule has 0 atom stereocenters. The SMILES string of the molecule is O=C(c1cccnc1)N1CC2(CC(=O)N(CC3CC3)O2)C1. The van der Waals surface area contributed by atoms with Gasteiger partial charge >= 0.3 is 0 Å². The van der Waals surface area contributed by atoms with Crippen molar-refractivity contribution in [1.29, 1.82) is 0 Å². The predicted octanol–water partition coefficient (Wildman–Crippen LogP) is 0.850. The van der Waals surface area contributed by atoms with Gasteiger partial charge in [0.25, 0.3) is 5.91 Å². The minimum absolute atomic E-state index is 0.0505. The van der Waals surface area contributed by atoms with Crippen LogP contribution in [-0.4, -0.2) is 52.0 Å². The first kappa shape index (κ1) is 12.8. The van der Waals surface area contributed by atoms with Gasteiger partial charge in [0, 0.05) is 12.4 Å². The second kappa shape index (κ2) is 4.53. The summed E-state index contributed by atoms with van der Waals surface area (Å²) in [6.07, 6.45) is 5.96. The molecule has 0 N–H and O–H groups in total. The topological polar surface area (TPSA) is 62.7 Å². The Balaban J connectivity index is 1.38. The Kier molecular flexibility index (Phi) is 2.75. The zero-order valence-corrected chi connectivity index (χ0v) is 11.7. The van der Waals surface area contributed by atoms with Crippen molar-refractivity contribution < 1.29 is 14.4 Å². The van der Waals surface area contributed by atoms with Crippen LogP contribution in [0.25, 0.3) is 0 Å². The molecule has 1 saturated carbocycles. The number of hydrogen-bond donors (Lipinski definition) is 0. The molecule has 6 nitrogen and oxygen atoms in total. The molecule has 3 heterocycles. The van der Waals surface area contributed by atoms with Gasteiger partial charge in [0.2, 0.25) is 5.91 Å². The number of hydrogen-bond acceptors (Lipinski definition) is 4. The van der Waals surface area contributed by atoms with E-state index in [4.69, 9.17) is 4.84 Å². The minimum atomic E-state index is -0.482. The first-order valence-electron chi connectivity index (χ1n) is 7.34. The van der Waals surface area contributed by atoms with Crippen molar-refractivity contribution in [2.45, 2.75) is 24.9 Å². The van der Waals surface area contributed by atoms with Crippen molar-refractivity contribution in [3.8, 4) is 0 Å². The molecule has 1 aromatic rings. The fourth-order valence-corrected chi connectivity index (χ4v) is 2.99. The summed E-state index contributed by atoms with van der Waals surface area (Å²) in [6, 6.07) is 3.50. The van der Waals surface area contributed by atoms with Crippen molar-refractivity contribution in [2.24, 2.45) is 5.92 Å². The number of carbonyl (C=O) groups is 2. The van der Waals surface area contributed by atoms with Crippen molar-refractivity contribution in [3.63, 3.8) is 0 Å². The van der Waals surface area contributed by atoms with Gasteiger partial charge in [-0.05, 0) is 30.9 Å². The van der Waals surface area contributed by atoms with Crippen LogP contribution in [0, 0.1) is 5.92 Å². The second-order valence-electron chi connectivity index (χ2n) is 6.25. The van der Waals surface area contributed by atoms with Gasteiger partial charge in [-0.3, -0.25) is 19.4 Å². The van der Waals surface area contributed by atoms with Crippen LogP contribution in [0.4, 0.5) is 0 Å². The Labute approximate surface area is 122 Å². The van der Waals surface area contributed by atoms with Crippen LogP contribution in [0.1, 0.15) is 29.6 Å². The number of carbonyl (C=O) groups excluding carboxylic acids is 2. The van der Waals surface area contributed by atoms with E-state index >= 15 is 0 Å². The summed E-state index contributed by atoms with van der Waals surface area (Å²) >= 11 is 0. The van der Waals surface area contributed by atoms with Gasteiger partial charge in [-0.1, -0.05) is 0 Å². The van der Waals surface area contributed by atoms with E-state index in [1.165, 1.54) is 17.9 Å². The number of hydroxylamine groups is 2. The number of aromatic nitrogens is 1. The molecule has 6 heteroatoms. The molecule has 2 aliphatic heterocycles. The van der Waals surface area contributed by atoms with E-state index in [0.29, 0.717) is 37.5 Å². The molecular formula is C15H17N3O3. The summed E-state index contributed by atoms with van der Waals surface area (Å²) in [6.45, 7) is 1.67. The number of nitrogens with zero attached hydrogens (tertiary/aromatic N) is 3. The number of likely N-dealkylation sites (tertiary alicyclic amines) is 1. The molecule has 3 aliphatic rings. The van der Waals surface area contributed by atoms with Crippen LogP contribution in [0.2, 0.25) is 0 Å². The van der Waals surface area contributed by atoms with Crippen molar-refractivity contribution in [2.75, 3.05) is 19.6 Å². The average Bonchev–Trinajstić information content (AvgIpc) is 3.21. The van der Waals surface area contributed by atoms with E-state index in [9.17, 15) is 9.59 Å². The first-order valence-corrected chi connectivity index (χ1v) is 7.34. The van der Waals surface area contributed by atoms with Crippen molar-refractivity contribution in [3.05, 3.63) is 30.1 Å². The van der Waals surface area contributed by atoms with E-state index in [-0.39, 0.29) is 11.8 Å². The molecule has 0 bridgehead atoms. The third-order valence-corrected chi connectivity index (χ3v) is 4.33. The van der Waals surface area contributed by atoms with Crippen LogP contribution < -0.4 is 0 Å². The Bertz CT molecular complexity index is 579. The molecular weight excluding hydrogens is 270 g/mol. The smallest absolute Gasteiger partial charge is 0.255 e. The lowest BCUT2D eigenvalue weighted by atomic mass is 9.90. The largest absolute Gasteiger partial charge is 0.332 e. The van der Waals surface area contributed by atoms with Gasteiger partial charge in [0.15, 0.2) is 0 Å². The Hall–Kier alpha value is -1.95. The molecule has 0 unspecified atom stereocenters. The zero-order chi connectivity index (χ0) is 14.4. The molecule has 2 amide bonds. The molecule has 2 saturated heterocycles. The third-order valence-electron chi connectivity index (χ3n) is 4.33. The molecule has 21 heavy (non-hydrogen) atoms. The highest BCUT2D eigenvalue weighted by Crippen LogP contribution is 2.39. The van der Waals surface area contributed by atoms with E-state index in [0.717, 1.165) is 0 Å². The maximum atomic E-state index is 12.2. The van der Waals surface area contributed by atoms with E-state index in [2.05, 4.69) is 4.98 Å². The molecule has 110 valence electrons. The lowest BCUT2D eigenvalue weighted by Gasteiger charge is -2.45. The number of pyridine rings is 1. The normalized spacial score (nSPS) is 23.5. The van der Waals surface area contributed by atoms with Crippen LogP contribution >= 0.6 is 0 Å². The summed E-state index contributed by atoms with van der Waals surface area (Å²) in [5.74, 6) is 0.609. The van der Waals surface area contributed by atoms with E-state index in [1.54, 1.807) is 29.4 Å². The highest BCUT2D eigenvalue weighted by atomic mass is 16.7. The van der Waals surface area contributed by atoms with Gasteiger partial charge in [0.1, 0.15) is 5.60 Å². The van der Waals surface area contributed by atoms with Crippen molar-refractivity contribution in [1.82, 2.24) is 14.9 Å². The maximum Gasteiger partial charge on any atom is 0.255 e. The highest BCUT2D eigenvalue weighted by molar-refractivity contribution is 5.95. The third kappa shape index (κ3) is 2.29. The Morgan fingerprint density at radius 2 is 2.24 bits per heavy atom. The van der Waals surface area contributed by atoms with Crippen molar-refractivity contribution >= 4 is 11.8 Å². The van der Waals surface area contributed by atoms with E-state index < -0.39 is 5.60 Å². The van der Waals surface area contributed by atoms with Gasteiger partial charge in [-0.15, -0.1) is 0 Å².